The van der Waals surface area contributed by atoms with E-state index in [1.165, 1.54) is 44.9 Å². The Labute approximate surface area is 315 Å². The fraction of sp³-hybridized carbons (Fsp3) is 0.744. The topological polar surface area (TPSA) is 135 Å². The van der Waals surface area contributed by atoms with Gasteiger partial charge in [-0.15, -0.1) is 0 Å². The van der Waals surface area contributed by atoms with Crippen LogP contribution in [0.25, 0.3) is 0 Å². The van der Waals surface area contributed by atoms with Crippen molar-refractivity contribution in [2.24, 2.45) is 0 Å². The summed E-state index contributed by atoms with van der Waals surface area (Å²) in [4.78, 5) is 12.7. The van der Waals surface area contributed by atoms with E-state index < -0.39 is 43.4 Å². The highest BCUT2D eigenvalue weighted by Gasteiger charge is 2.44. The summed E-state index contributed by atoms with van der Waals surface area (Å²) >= 11 is 0. The number of allylic oxidation sites excluding steroid dienone is 10. The van der Waals surface area contributed by atoms with E-state index in [4.69, 9.17) is 18.9 Å². The number of esters is 1. The number of aliphatic hydroxyl groups excluding tert-OH is 4. The molecule has 9 nitrogen and oxygen atoms in total. The molecule has 0 aromatic carbocycles. The van der Waals surface area contributed by atoms with Crippen LogP contribution in [0.3, 0.4) is 0 Å². The maximum atomic E-state index is 12.7. The Morgan fingerprint density at radius 3 is 1.79 bits per heavy atom. The normalized spacial score (nSPS) is 21.8. The highest BCUT2D eigenvalue weighted by atomic mass is 16.7. The Balaban J connectivity index is 2.36. The summed E-state index contributed by atoms with van der Waals surface area (Å²) in [6, 6.07) is 0. The number of carbonyl (C=O) groups is 1. The third-order valence-corrected chi connectivity index (χ3v) is 8.92. The molecule has 0 radical (unpaired) electrons. The van der Waals surface area contributed by atoms with Crippen LogP contribution in [-0.4, -0.2) is 89.6 Å². The van der Waals surface area contributed by atoms with Crippen LogP contribution in [0, 0.1) is 0 Å². The minimum atomic E-state index is -1.55. The number of aliphatic hydroxyl groups is 4. The van der Waals surface area contributed by atoms with Crippen molar-refractivity contribution in [3.8, 4) is 0 Å². The van der Waals surface area contributed by atoms with Gasteiger partial charge in [0.25, 0.3) is 0 Å². The molecule has 300 valence electrons. The molecule has 9 heteroatoms. The number of unbranched alkanes of at least 4 members (excludes halogenated alkanes) is 12. The van der Waals surface area contributed by atoms with E-state index in [2.05, 4.69) is 74.6 Å². The molecule has 1 saturated heterocycles. The number of rotatable bonds is 33. The maximum absolute atomic E-state index is 12.7. The summed E-state index contributed by atoms with van der Waals surface area (Å²) in [6.07, 6.45) is 35.4. The van der Waals surface area contributed by atoms with E-state index >= 15 is 0 Å². The van der Waals surface area contributed by atoms with Crippen molar-refractivity contribution in [2.75, 3.05) is 26.4 Å². The third-order valence-electron chi connectivity index (χ3n) is 8.92. The third kappa shape index (κ3) is 25.8. The van der Waals surface area contributed by atoms with Crippen molar-refractivity contribution in [2.45, 2.75) is 179 Å². The van der Waals surface area contributed by atoms with Crippen molar-refractivity contribution in [1.29, 1.82) is 0 Å². The van der Waals surface area contributed by atoms with Crippen molar-refractivity contribution in [1.82, 2.24) is 0 Å². The van der Waals surface area contributed by atoms with Crippen molar-refractivity contribution in [3.63, 3.8) is 0 Å². The van der Waals surface area contributed by atoms with Crippen LogP contribution in [-0.2, 0) is 23.7 Å². The summed E-state index contributed by atoms with van der Waals surface area (Å²) < 4.78 is 22.6. The summed E-state index contributed by atoms with van der Waals surface area (Å²) in [5.74, 6) is -0.344. The molecule has 0 aromatic heterocycles. The zero-order chi connectivity index (χ0) is 37.9. The first-order valence-electron chi connectivity index (χ1n) is 20.4. The molecule has 1 fully saturated rings. The van der Waals surface area contributed by atoms with Gasteiger partial charge in [-0.05, 0) is 70.6 Å². The number of carbonyl (C=O) groups excluding carboxylic acids is 1. The van der Waals surface area contributed by atoms with Gasteiger partial charge in [-0.1, -0.05) is 126 Å². The quantitative estimate of drug-likeness (QED) is 0.0298. The minimum absolute atomic E-state index is 0.101. The number of ether oxygens (including phenoxy) is 4. The molecule has 0 spiro atoms. The molecule has 1 aliphatic heterocycles. The molecule has 52 heavy (non-hydrogen) atoms. The van der Waals surface area contributed by atoms with Gasteiger partial charge in [0.2, 0.25) is 0 Å². The van der Waals surface area contributed by atoms with E-state index in [0.717, 1.165) is 77.0 Å². The largest absolute Gasteiger partial charge is 0.457 e. The van der Waals surface area contributed by atoms with Crippen molar-refractivity contribution >= 4 is 5.97 Å². The fourth-order valence-corrected chi connectivity index (χ4v) is 5.72. The molecule has 6 unspecified atom stereocenters. The SMILES string of the molecule is CC/C=C\C/C=C\C/C=C\C/C=C\CCCOCC(COC1OC(CO)C(O)C(O)C1O)OC(=O)CCCCCCC/C=C\CCCCCCCC. The Hall–Kier alpha value is -2.11. The Bertz CT molecular complexity index is 974. The van der Waals surface area contributed by atoms with Crippen LogP contribution in [0.1, 0.15) is 142 Å². The molecule has 0 aliphatic carbocycles. The maximum Gasteiger partial charge on any atom is 0.306 e. The standard InChI is InChI=1S/C43H74O9/c1-3-5-7-9-11-13-15-17-19-20-22-24-26-28-30-32-39(45)51-37(36-50-43-42(48)41(47)40(46)38(34-44)52-43)35-49-33-31-29-27-25-23-21-18-16-14-12-10-8-6-4-2/h6,8,12,14,17-19,21,25,27,37-38,40-44,46-48H,3-5,7,9-11,13,15-16,20,22-24,26,28-36H2,1-2H3/b8-6-,14-12-,19-17-,21-18-,27-25-. The zero-order valence-corrected chi connectivity index (χ0v) is 32.5. The minimum Gasteiger partial charge on any atom is -0.457 e. The van der Waals surface area contributed by atoms with Gasteiger partial charge in [0, 0.05) is 13.0 Å². The molecule has 1 aliphatic rings. The first kappa shape index (κ1) is 47.9. The van der Waals surface area contributed by atoms with E-state index in [0.29, 0.717) is 13.0 Å². The molecule has 0 aromatic rings. The number of hydrogen-bond donors (Lipinski definition) is 4. The van der Waals surface area contributed by atoms with Crippen LogP contribution in [0.15, 0.2) is 60.8 Å². The molecule has 4 N–H and O–H groups in total. The van der Waals surface area contributed by atoms with Gasteiger partial charge >= 0.3 is 5.97 Å². The lowest BCUT2D eigenvalue weighted by atomic mass is 9.99. The summed E-state index contributed by atoms with van der Waals surface area (Å²) in [5, 5.41) is 40.0. The monoisotopic (exact) mass is 735 g/mol. The van der Waals surface area contributed by atoms with Gasteiger partial charge in [0.15, 0.2) is 6.29 Å². The van der Waals surface area contributed by atoms with Gasteiger partial charge in [-0.2, -0.15) is 0 Å². The second-order valence-electron chi connectivity index (χ2n) is 13.7. The van der Waals surface area contributed by atoms with E-state index in [1.54, 1.807) is 0 Å². The van der Waals surface area contributed by atoms with Crippen LogP contribution in [0.2, 0.25) is 0 Å². The average Bonchev–Trinajstić information content (AvgIpc) is 3.14. The predicted molar refractivity (Wildman–Crippen MR) is 210 cm³/mol. The summed E-state index contributed by atoms with van der Waals surface area (Å²) in [5.41, 5.74) is 0. The first-order valence-corrected chi connectivity index (χ1v) is 20.4. The Kier molecular flexibility index (Phi) is 31.9. The van der Waals surface area contributed by atoms with Crippen LogP contribution in [0.4, 0.5) is 0 Å². The van der Waals surface area contributed by atoms with Gasteiger partial charge in [0.05, 0.1) is 19.8 Å². The second-order valence-corrected chi connectivity index (χ2v) is 13.7. The molecular formula is C43H74O9. The Morgan fingerprint density at radius 1 is 0.635 bits per heavy atom. The zero-order valence-electron chi connectivity index (χ0n) is 32.5. The van der Waals surface area contributed by atoms with Crippen molar-refractivity contribution in [3.05, 3.63) is 60.8 Å². The molecule has 6 atom stereocenters. The van der Waals surface area contributed by atoms with Gasteiger partial charge in [-0.25, -0.2) is 0 Å². The average molecular weight is 735 g/mol. The molecular weight excluding hydrogens is 660 g/mol. The molecule has 0 saturated carbocycles. The fourth-order valence-electron chi connectivity index (χ4n) is 5.72. The van der Waals surface area contributed by atoms with Crippen LogP contribution < -0.4 is 0 Å². The molecule has 0 amide bonds. The smallest absolute Gasteiger partial charge is 0.306 e. The lowest BCUT2D eigenvalue weighted by Gasteiger charge is -2.39. The van der Waals surface area contributed by atoms with E-state index in [9.17, 15) is 25.2 Å². The summed E-state index contributed by atoms with van der Waals surface area (Å²) in [6.45, 7) is 4.26. The molecule has 0 bridgehead atoms. The van der Waals surface area contributed by atoms with Crippen LogP contribution in [0.5, 0.6) is 0 Å². The highest BCUT2D eigenvalue weighted by Crippen LogP contribution is 2.22. The highest BCUT2D eigenvalue weighted by molar-refractivity contribution is 5.69. The van der Waals surface area contributed by atoms with E-state index in [-0.39, 0.29) is 19.2 Å². The van der Waals surface area contributed by atoms with Gasteiger partial charge < -0.3 is 39.4 Å². The molecule has 1 rings (SSSR count). The first-order chi connectivity index (χ1) is 25.4. The van der Waals surface area contributed by atoms with Gasteiger partial charge in [0.1, 0.15) is 30.5 Å². The van der Waals surface area contributed by atoms with Crippen LogP contribution >= 0.6 is 0 Å². The lowest BCUT2D eigenvalue weighted by molar-refractivity contribution is -0.305. The Morgan fingerprint density at radius 2 is 1.17 bits per heavy atom. The van der Waals surface area contributed by atoms with Crippen molar-refractivity contribution < 1.29 is 44.2 Å². The van der Waals surface area contributed by atoms with E-state index in [1.807, 2.05) is 0 Å². The lowest BCUT2D eigenvalue weighted by Crippen LogP contribution is -2.59. The second kappa shape index (κ2) is 34.6. The van der Waals surface area contributed by atoms with Gasteiger partial charge in [-0.3, -0.25) is 4.79 Å². The predicted octanol–water partition coefficient (Wildman–Crippen LogP) is 8.35. The summed E-state index contributed by atoms with van der Waals surface area (Å²) in [7, 11) is 0. The molecule has 1 heterocycles. The number of hydrogen-bond acceptors (Lipinski definition) is 9.